The summed E-state index contributed by atoms with van der Waals surface area (Å²) < 4.78 is 1.22. The number of carbonyl (C=O) groups is 3. The number of ketones is 2. The second kappa shape index (κ2) is 8.78. The Bertz CT molecular complexity index is 904. The largest absolute Gasteiger partial charge is 0.326 e. The van der Waals surface area contributed by atoms with Gasteiger partial charge in [0.05, 0.1) is 0 Å². The maximum atomic E-state index is 11.5. The van der Waals surface area contributed by atoms with Crippen LogP contribution in [0.2, 0.25) is 0 Å². The van der Waals surface area contributed by atoms with Crippen molar-refractivity contribution in [3.05, 3.63) is 62.2 Å². The molecule has 0 saturated heterocycles. The second-order valence-electron chi connectivity index (χ2n) is 6.91. The Balaban J connectivity index is 0.000000159. The third-order valence-electron chi connectivity index (χ3n) is 4.79. The Morgan fingerprint density at radius 2 is 1.41 bits per heavy atom. The lowest BCUT2D eigenvalue weighted by molar-refractivity contribution is -0.114. The van der Waals surface area contributed by atoms with Gasteiger partial charge in [0.15, 0.2) is 11.6 Å². The molecule has 0 aromatic heterocycles. The van der Waals surface area contributed by atoms with Crippen molar-refractivity contribution in [1.82, 2.24) is 0 Å². The number of rotatable bonds is 1. The van der Waals surface area contributed by atoms with Crippen LogP contribution in [0, 0.1) is 3.57 Å². The van der Waals surface area contributed by atoms with E-state index in [1.807, 2.05) is 24.3 Å². The summed E-state index contributed by atoms with van der Waals surface area (Å²) in [5, 5.41) is 2.72. The van der Waals surface area contributed by atoms with Crippen molar-refractivity contribution in [1.29, 1.82) is 0 Å². The maximum absolute atomic E-state index is 11.5. The van der Waals surface area contributed by atoms with Crippen molar-refractivity contribution in [3.8, 4) is 0 Å². The number of anilines is 1. The van der Waals surface area contributed by atoms with Crippen LogP contribution in [-0.2, 0) is 17.6 Å². The SMILES string of the molecule is CC(=O)Nc1ccc2c(c1)CCCC2=O.O=C1CCCc2cc(I)ccc21. The third kappa shape index (κ3) is 5.03. The molecule has 1 amide bonds. The van der Waals surface area contributed by atoms with Gasteiger partial charge in [-0.3, -0.25) is 14.4 Å². The van der Waals surface area contributed by atoms with Crippen molar-refractivity contribution >= 4 is 45.8 Å². The predicted molar refractivity (Wildman–Crippen MR) is 114 cm³/mol. The number of hydrogen-bond acceptors (Lipinski definition) is 3. The fourth-order valence-electron chi connectivity index (χ4n) is 3.54. The molecule has 2 aromatic rings. The molecule has 0 unspecified atom stereocenters. The predicted octanol–water partition coefficient (Wildman–Crippen LogP) is 4.97. The molecule has 4 rings (SSSR count). The van der Waals surface area contributed by atoms with E-state index in [1.54, 1.807) is 6.07 Å². The van der Waals surface area contributed by atoms with E-state index in [9.17, 15) is 14.4 Å². The van der Waals surface area contributed by atoms with Crippen LogP contribution < -0.4 is 5.32 Å². The fraction of sp³-hybridized carbons (Fsp3) is 0.318. The second-order valence-corrected chi connectivity index (χ2v) is 8.15. The highest BCUT2D eigenvalue weighted by Gasteiger charge is 2.17. The molecular formula is C22H22INO3. The number of Topliss-reactive ketones (excluding diaryl/α,β-unsaturated/α-hetero) is 2. The third-order valence-corrected chi connectivity index (χ3v) is 5.46. The van der Waals surface area contributed by atoms with Gasteiger partial charge in [0.2, 0.25) is 5.91 Å². The molecule has 27 heavy (non-hydrogen) atoms. The normalized spacial score (nSPS) is 15.2. The summed E-state index contributed by atoms with van der Waals surface area (Å²) in [6.45, 7) is 1.48. The molecular weight excluding hydrogens is 453 g/mol. The van der Waals surface area contributed by atoms with E-state index in [2.05, 4.69) is 34.0 Å². The van der Waals surface area contributed by atoms with Gasteiger partial charge in [-0.2, -0.15) is 0 Å². The minimum absolute atomic E-state index is 0.0860. The van der Waals surface area contributed by atoms with Gasteiger partial charge in [-0.05, 0) is 89.7 Å². The van der Waals surface area contributed by atoms with Crippen LogP contribution in [0.1, 0.15) is 64.4 Å². The molecule has 0 atom stereocenters. The fourth-order valence-corrected chi connectivity index (χ4v) is 4.10. The quantitative estimate of drug-likeness (QED) is 0.593. The topological polar surface area (TPSA) is 63.2 Å². The van der Waals surface area contributed by atoms with E-state index in [4.69, 9.17) is 0 Å². The average Bonchev–Trinajstić information content (AvgIpc) is 2.62. The van der Waals surface area contributed by atoms with Crippen LogP contribution >= 0.6 is 22.6 Å². The highest BCUT2D eigenvalue weighted by Crippen LogP contribution is 2.24. The van der Waals surface area contributed by atoms with E-state index in [-0.39, 0.29) is 11.7 Å². The van der Waals surface area contributed by atoms with Gasteiger partial charge in [-0.25, -0.2) is 0 Å². The summed E-state index contributed by atoms with van der Waals surface area (Å²) in [7, 11) is 0. The van der Waals surface area contributed by atoms with Gasteiger partial charge >= 0.3 is 0 Å². The van der Waals surface area contributed by atoms with Gasteiger partial charge in [0.1, 0.15) is 0 Å². The van der Waals surface area contributed by atoms with Gasteiger partial charge in [0.25, 0.3) is 0 Å². The van der Waals surface area contributed by atoms with Gasteiger partial charge in [0, 0.05) is 40.1 Å². The molecule has 0 bridgehead atoms. The molecule has 2 aliphatic carbocycles. The maximum Gasteiger partial charge on any atom is 0.221 e. The molecule has 0 radical (unpaired) electrons. The molecule has 1 N–H and O–H groups in total. The summed E-state index contributed by atoms with van der Waals surface area (Å²) in [4.78, 5) is 33.8. The first-order valence-electron chi connectivity index (χ1n) is 9.19. The van der Waals surface area contributed by atoms with Gasteiger partial charge in [-0.15, -0.1) is 0 Å². The van der Waals surface area contributed by atoms with Crippen molar-refractivity contribution in [3.63, 3.8) is 0 Å². The Morgan fingerprint density at radius 1 is 0.852 bits per heavy atom. The summed E-state index contributed by atoms with van der Waals surface area (Å²) >= 11 is 2.28. The Kier molecular flexibility index (Phi) is 6.42. The molecule has 5 heteroatoms. The summed E-state index contributed by atoms with van der Waals surface area (Å²) in [5.41, 5.74) is 4.82. The van der Waals surface area contributed by atoms with E-state index < -0.39 is 0 Å². The van der Waals surface area contributed by atoms with Crippen LogP contribution in [0.3, 0.4) is 0 Å². The number of amides is 1. The molecule has 140 valence electrons. The highest BCUT2D eigenvalue weighted by atomic mass is 127. The molecule has 0 spiro atoms. The minimum atomic E-state index is -0.0860. The molecule has 0 saturated carbocycles. The smallest absolute Gasteiger partial charge is 0.221 e. The van der Waals surface area contributed by atoms with Crippen LogP contribution in [0.5, 0.6) is 0 Å². The zero-order chi connectivity index (χ0) is 19.4. The van der Waals surface area contributed by atoms with Crippen molar-refractivity contribution < 1.29 is 14.4 Å². The van der Waals surface area contributed by atoms with Crippen LogP contribution in [-0.4, -0.2) is 17.5 Å². The first kappa shape index (κ1) is 19.7. The number of halogens is 1. The Labute approximate surface area is 172 Å². The number of fused-ring (bicyclic) bond motifs is 2. The lowest BCUT2D eigenvalue weighted by Gasteiger charge is -2.15. The summed E-state index contributed by atoms with van der Waals surface area (Å²) in [6, 6.07) is 11.6. The molecule has 2 aromatic carbocycles. The standard InChI is InChI=1S/C12H13NO2.C10H9IO/c1-8(14)13-10-5-6-11-9(7-10)3-2-4-12(11)15;11-8-4-5-9-7(6-8)2-1-3-10(9)12/h5-7H,2-4H2,1H3,(H,13,14);4-6H,1-3H2. The summed E-state index contributed by atoms with van der Waals surface area (Å²) in [5.74, 6) is 0.440. The highest BCUT2D eigenvalue weighted by molar-refractivity contribution is 14.1. The Hall–Kier alpha value is -2.02. The lowest BCUT2D eigenvalue weighted by atomic mass is 9.90. The van der Waals surface area contributed by atoms with Crippen LogP contribution in [0.25, 0.3) is 0 Å². The van der Waals surface area contributed by atoms with E-state index in [0.29, 0.717) is 12.2 Å². The number of hydrogen-bond donors (Lipinski definition) is 1. The lowest BCUT2D eigenvalue weighted by Crippen LogP contribution is -2.12. The average molecular weight is 475 g/mol. The first-order valence-corrected chi connectivity index (χ1v) is 10.3. The van der Waals surface area contributed by atoms with Crippen molar-refractivity contribution in [2.24, 2.45) is 0 Å². The minimum Gasteiger partial charge on any atom is -0.326 e. The number of aryl methyl sites for hydroxylation is 2. The van der Waals surface area contributed by atoms with E-state index >= 15 is 0 Å². The molecule has 0 fully saturated rings. The summed E-state index contributed by atoms with van der Waals surface area (Å²) in [6.07, 6.45) is 5.30. The zero-order valence-corrected chi connectivity index (χ0v) is 17.5. The molecule has 4 nitrogen and oxygen atoms in total. The molecule has 0 heterocycles. The number of nitrogens with one attached hydrogen (secondary N) is 1. The molecule has 0 aliphatic heterocycles. The number of benzene rings is 2. The number of carbonyl (C=O) groups excluding carboxylic acids is 3. The van der Waals surface area contributed by atoms with Crippen molar-refractivity contribution in [2.45, 2.75) is 45.4 Å². The first-order chi connectivity index (χ1) is 12.9. The van der Waals surface area contributed by atoms with Gasteiger partial charge < -0.3 is 5.32 Å². The van der Waals surface area contributed by atoms with Crippen LogP contribution in [0.15, 0.2) is 36.4 Å². The Morgan fingerprint density at radius 3 is 2.00 bits per heavy atom. The monoisotopic (exact) mass is 475 g/mol. The van der Waals surface area contributed by atoms with Gasteiger partial charge in [-0.1, -0.05) is 6.07 Å². The van der Waals surface area contributed by atoms with Crippen molar-refractivity contribution in [2.75, 3.05) is 5.32 Å². The van der Waals surface area contributed by atoms with E-state index in [0.717, 1.165) is 54.5 Å². The zero-order valence-electron chi connectivity index (χ0n) is 15.3. The van der Waals surface area contributed by atoms with E-state index in [1.165, 1.54) is 16.1 Å². The molecule has 2 aliphatic rings. The van der Waals surface area contributed by atoms with Crippen LogP contribution in [0.4, 0.5) is 5.69 Å².